The van der Waals surface area contributed by atoms with Gasteiger partial charge in [-0.1, -0.05) is 11.3 Å². The van der Waals surface area contributed by atoms with E-state index in [0.29, 0.717) is 36.0 Å². The van der Waals surface area contributed by atoms with E-state index in [4.69, 9.17) is 4.84 Å². The number of rotatable bonds is 4. The van der Waals surface area contributed by atoms with Crippen molar-refractivity contribution in [2.24, 2.45) is 5.16 Å². The second kappa shape index (κ2) is 6.92. The molecule has 8 heteroatoms. The van der Waals surface area contributed by atoms with Gasteiger partial charge in [0.05, 0.1) is 21.9 Å². The van der Waals surface area contributed by atoms with Crippen molar-refractivity contribution in [3.63, 3.8) is 0 Å². The highest BCUT2D eigenvalue weighted by Crippen LogP contribution is 2.34. The summed E-state index contributed by atoms with van der Waals surface area (Å²) < 4.78 is 0. The topological polar surface area (TPSA) is 95.8 Å². The average molecular weight is 308 g/mol. The first-order chi connectivity index (χ1) is 10.1. The second-order valence-electron chi connectivity index (χ2n) is 4.13. The molecule has 3 N–H and O–H groups in total. The van der Waals surface area contributed by atoms with E-state index in [1.807, 2.05) is 13.8 Å². The fraction of sp³-hybridized carbons (Fsp3) is 0.385. The molecule has 0 saturated carbocycles. The van der Waals surface area contributed by atoms with E-state index in [9.17, 15) is 9.90 Å². The van der Waals surface area contributed by atoms with Crippen LogP contribution in [0.5, 0.6) is 0 Å². The number of anilines is 1. The maximum Gasteiger partial charge on any atom is 0.321 e. The van der Waals surface area contributed by atoms with Gasteiger partial charge in [-0.25, -0.2) is 9.78 Å². The summed E-state index contributed by atoms with van der Waals surface area (Å²) in [6, 6.07) is -0.311. The van der Waals surface area contributed by atoms with E-state index >= 15 is 0 Å². The molecule has 2 rings (SSSR count). The zero-order valence-corrected chi connectivity index (χ0v) is 12.6. The Hall–Kier alpha value is -2.31. The van der Waals surface area contributed by atoms with Gasteiger partial charge in [-0.05, 0) is 25.1 Å². The van der Waals surface area contributed by atoms with Gasteiger partial charge in [0.25, 0.3) is 0 Å². The molecule has 0 radical (unpaired) electrons. The number of aromatic nitrogens is 1. The van der Waals surface area contributed by atoms with Crippen molar-refractivity contribution in [3.8, 4) is 0 Å². The molecule has 0 saturated heterocycles. The first-order valence-corrected chi connectivity index (χ1v) is 7.35. The monoisotopic (exact) mass is 308 g/mol. The summed E-state index contributed by atoms with van der Waals surface area (Å²) >= 11 is 1.30. The summed E-state index contributed by atoms with van der Waals surface area (Å²) in [4.78, 5) is 21.5. The second-order valence-corrected chi connectivity index (χ2v) is 5.13. The summed E-state index contributed by atoms with van der Waals surface area (Å²) in [5.74, 6) is 2.90. The summed E-state index contributed by atoms with van der Waals surface area (Å²) in [5.41, 5.74) is 1.27. The molecule has 1 aliphatic rings. The number of carbonyl (C=O) groups is 1. The Morgan fingerprint density at radius 1 is 1.62 bits per heavy atom. The van der Waals surface area contributed by atoms with Crippen LogP contribution >= 0.6 is 11.3 Å². The minimum atomic E-state index is -0.311. The Balaban J connectivity index is 2.26. The lowest BCUT2D eigenvalue weighted by Crippen LogP contribution is -2.28. The van der Waals surface area contributed by atoms with Crippen LogP contribution in [0.25, 0.3) is 5.57 Å². The van der Waals surface area contributed by atoms with Crippen LogP contribution in [0, 0.1) is 0 Å². The zero-order chi connectivity index (χ0) is 15.2. The van der Waals surface area contributed by atoms with Gasteiger partial charge < -0.3 is 15.3 Å². The highest BCUT2D eigenvalue weighted by Gasteiger charge is 2.21. The number of nitrogens with zero attached hydrogens (tertiary/aromatic N) is 2. The summed E-state index contributed by atoms with van der Waals surface area (Å²) in [6.07, 6.45) is 1.89. The lowest BCUT2D eigenvalue weighted by Gasteiger charge is -2.07. The predicted octanol–water partition coefficient (Wildman–Crippen LogP) is 2.29. The third kappa shape index (κ3) is 3.84. The number of hydrogen-bond acceptors (Lipinski definition) is 6. The SMILES string of the molecule is CCNC(=O)Nc1nc2c(s1)C(=C=NOCC)C=C(O)C2. The number of aliphatic hydroxyl groups is 1. The van der Waals surface area contributed by atoms with Crippen LogP contribution in [0.1, 0.15) is 24.4 Å². The molecular weight excluding hydrogens is 292 g/mol. The molecule has 0 bridgehead atoms. The van der Waals surface area contributed by atoms with Crippen molar-refractivity contribution < 1.29 is 14.7 Å². The molecule has 1 aromatic rings. The molecule has 0 atom stereocenters. The van der Waals surface area contributed by atoms with Gasteiger partial charge in [-0.3, -0.25) is 5.32 Å². The Morgan fingerprint density at radius 2 is 2.43 bits per heavy atom. The molecule has 0 aromatic carbocycles. The van der Waals surface area contributed by atoms with E-state index in [-0.39, 0.29) is 11.8 Å². The van der Waals surface area contributed by atoms with Crippen LogP contribution in [0.2, 0.25) is 0 Å². The lowest BCUT2D eigenvalue weighted by atomic mass is 10.0. The Morgan fingerprint density at radius 3 is 3.14 bits per heavy atom. The molecule has 0 spiro atoms. The van der Waals surface area contributed by atoms with Crippen molar-refractivity contribution >= 4 is 33.9 Å². The summed E-state index contributed by atoms with van der Waals surface area (Å²) in [6.45, 7) is 4.62. The summed E-state index contributed by atoms with van der Waals surface area (Å²) in [7, 11) is 0. The van der Waals surface area contributed by atoms with Gasteiger partial charge in [0.15, 0.2) is 5.13 Å². The molecule has 0 fully saturated rings. The lowest BCUT2D eigenvalue weighted by molar-refractivity contribution is 0.161. The van der Waals surface area contributed by atoms with Crippen LogP contribution < -0.4 is 10.6 Å². The molecule has 1 heterocycles. The number of amides is 2. The van der Waals surface area contributed by atoms with Gasteiger partial charge in [0, 0.05) is 18.8 Å². The number of aliphatic hydroxyl groups excluding tert-OH is 1. The minimum Gasteiger partial charge on any atom is -0.512 e. The number of hydrogen-bond donors (Lipinski definition) is 3. The number of carbonyl (C=O) groups excluding carboxylic acids is 1. The highest BCUT2D eigenvalue weighted by molar-refractivity contribution is 7.17. The number of nitrogens with one attached hydrogen (secondary N) is 2. The molecule has 1 aliphatic carbocycles. The molecule has 2 amide bonds. The van der Waals surface area contributed by atoms with Gasteiger partial charge in [-0.15, -0.1) is 0 Å². The molecule has 0 aliphatic heterocycles. The minimum absolute atomic E-state index is 0.173. The van der Waals surface area contributed by atoms with Crippen molar-refractivity contribution in [3.05, 3.63) is 22.4 Å². The Bertz CT molecular complexity index is 629. The third-order valence-corrected chi connectivity index (χ3v) is 3.57. The van der Waals surface area contributed by atoms with Crippen molar-refractivity contribution in [2.75, 3.05) is 18.5 Å². The molecule has 21 heavy (non-hydrogen) atoms. The van der Waals surface area contributed by atoms with Gasteiger partial charge in [-0.2, -0.15) is 0 Å². The highest BCUT2D eigenvalue weighted by atomic mass is 32.1. The predicted molar refractivity (Wildman–Crippen MR) is 81.7 cm³/mol. The van der Waals surface area contributed by atoms with Gasteiger partial charge >= 0.3 is 6.03 Å². The molecule has 1 aromatic heterocycles. The number of allylic oxidation sites excluding steroid dienone is 3. The first kappa shape index (κ1) is 15.1. The maximum atomic E-state index is 11.5. The van der Waals surface area contributed by atoms with Gasteiger partial charge in [0.1, 0.15) is 6.61 Å². The Labute approximate surface area is 126 Å². The van der Waals surface area contributed by atoms with Crippen LogP contribution in [-0.4, -0.2) is 35.1 Å². The standard InChI is InChI=1S/C13H16N4O3S/c1-3-14-12(19)17-13-16-10-6-9(18)5-8(11(10)21-13)7-15-20-4-2/h5,18H,3-4,6H2,1-2H3,(H2,14,16,17,19). The fourth-order valence-electron chi connectivity index (χ4n) is 1.72. The Kier molecular flexibility index (Phi) is 4.97. The molecular formula is C13H16N4O3S. The maximum absolute atomic E-state index is 11.5. The number of urea groups is 1. The zero-order valence-electron chi connectivity index (χ0n) is 11.8. The van der Waals surface area contributed by atoms with E-state index in [2.05, 4.69) is 26.6 Å². The van der Waals surface area contributed by atoms with E-state index in [0.717, 1.165) is 4.88 Å². The number of thiazole rings is 1. The normalized spacial score (nSPS) is 12.9. The quantitative estimate of drug-likeness (QED) is 0.587. The van der Waals surface area contributed by atoms with E-state index < -0.39 is 0 Å². The molecule has 0 unspecified atom stereocenters. The summed E-state index contributed by atoms with van der Waals surface area (Å²) in [5, 5.41) is 19.2. The van der Waals surface area contributed by atoms with Crippen LogP contribution in [-0.2, 0) is 11.3 Å². The van der Waals surface area contributed by atoms with Crippen molar-refractivity contribution in [1.29, 1.82) is 0 Å². The van der Waals surface area contributed by atoms with Crippen molar-refractivity contribution in [2.45, 2.75) is 20.3 Å². The van der Waals surface area contributed by atoms with E-state index in [1.54, 1.807) is 6.08 Å². The van der Waals surface area contributed by atoms with Crippen LogP contribution in [0.4, 0.5) is 9.93 Å². The fourth-order valence-corrected chi connectivity index (χ4v) is 2.66. The smallest absolute Gasteiger partial charge is 0.321 e. The van der Waals surface area contributed by atoms with E-state index in [1.165, 1.54) is 11.3 Å². The largest absolute Gasteiger partial charge is 0.512 e. The van der Waals surface area contributed by atoms with Crippen LogP contribution in [0.15, 0.2) is 17.0 Å². The molecule has 7 nitrogen and oxygen atoms in total. The van der Waals surface area contributed by atoms with Crippen molar-refractivity contribution in [1.82, 2.24) is 10.3 Å². The third-order valence-electron chi connectivity index (χ3n) is 2.52. The molecule has 112 valence electrons. The first-order valence-electron chi connectivity index (χ1n) is 6.53. The van der Waals surface area contributed by atoms with Gasteiger partial charge in [0.2, 0.25) is 0 Å². The van der Waals surface area contributed by atoms with Crippen LogP contribution in [0.3, 0.4) is 0 Å². The number of fused-ring (bicyclic) bond motifs is 1. The average Bonchev–Trinajstić information content (AvgIpc) is 2.81.